The molecule has 1 unspecified atom stereocenters. The number of benzene rings is 1. The first-order valence-corrected chi connectivity index (χ1v) is 7.14. The van der Waals surface area contributed by atoms with Gasteiger partial charge >= 0.3 is 0 Å². The molecule has 1 aromatic heterocycles. The van der Waals surface area contributed by atoms with Crippen molar-refractivity contribution in [3.05, 3.63) is 41.5 Å². The van der Waals surface area contributed by atoms with Crippen molar-refractivity contribution in [3.63, 3.8) is 0 Å². The van der Waals surface area contributed by atoms with Gasteiger partial charge in [-0.15, -0.1) is 0 Å². The lowest BCUT2D eigenvalue weighted by atomic mass is 9.87. The Balaban J connectivity index is 1.89. The van der Waals surface area contributed by atoms with Crippen LogP contribution in [0.1, 0.15) is 44.1 Å². The summed E-state index contributed by atoms with van der Waals surface area (Å²) in [6.45, 7) is 8.68. The molecule has 0 aliphatic rings. The average molecular weight is 289 g/mol. The summed E-state index contributed by atoms with van der Waals surface area (Å²) in [6, 6.07) is 7.69. The van der Waals surface area contributed by atoms with Gasteiger partial charge in [-0.05, 0) is 30.0 Å². The van der Waals surface area contributed by atoms with Crippen molar-refractivity contribution >= 4 is 0 Å². The van der Waals surface area contributed by atoms with Gasteiger partial charge in [0.15, 0.2) is 5.82 Å². The van der Waals surface area contributed by atoms with E-state index in [1.807, 2.05) is 31.2 Å². The van der Waals surface area contributed by atoms with E-state index < -0.39 is 0 Å². The summed E-state index contributed by atoms with van der Waals surface area (Å²) >= 11 is 0. The van der Waals surface area contributed by atoms with E-state index in [0.29, 0.717) is 24.7 Å². The summed E-state index contributed by atoms with van der Waals surface area (Å²) < 4.78 is 10.9. The Bertz CT molecular complexity index is 587. The summed E-state index contributed by atoms with van der Waals surface area (Å²) in [5.74, 6) is 1.95. The van der Waals surface area contributed by atoms with Crippen molar-refractivity contribution in [3.8, 4) is 5.75 Å². The number of aromatic nitrogens is 2. The van der Waals surface area contributed by atoms with Gasteiger partial charge in [0.25, 0.3) is 0 Å². The minimum atomic E-state index is -0.243. The first-order chi connectivity index (χ1) is 9.86. The number of nitrogens with two attached hydrogens (primary N) is 1. The van der Waals surface area contributed by atoms with Crippen LogP contribution in [0.3, 0.4) is 0 Å². The number of hydrogen-bond acceptors (Lipinski definition) is 5. The van der Waals surface area contributed by atoms with Crippen molar-refractivity contribution in [1.82, 2.24) is 10.1 Å². The van der Waals surface area contributed by atoms with E-state index in [9.17, 15) is 0 Å². The zero-order valence-corrected chi connectivity index (χ0v) is 13.1. The average Bonchev–Trinajstić information content (AvgIpc) is 2.85. The van der Waals surface area contributed by atoms with Gasteiger partial charge in [-0.1, -0.05) is 38.1 Å². The van der Waals surface area contributed by atoms with Crippen LogP contribution < -0.4 is 10.5 Å². The smallest absolute Gasteiger partial charge is 0.230 e. The second-order valence-electron chi connectivity index (χ2n) is 6.30. The largest absolute Gasteiger partial charge is 0.493 e. The second-order valence-corrected chi connectivity index (χ2v) is 6.30. The van der Waals surface area contributed by atoms with Crippen molar-refractivity contribution in [2.75, 3.05) is 6.61 Å². The molecule has 0 radical (unpaired) electrons. The standard InChI is InChI=1S/C16H23N3O2/c1-11-6-5-7-12(10-11)20-9-8-13-18-15(19-21-13)14(17)16(2,3)4/h5-7,10,14H,8-9,17H2,1-4H3. The van der Waals surface area contributed by atoms with Gasteiger partial charge in [0.2, 0.25) is 5.89 Å². The maximum atomic E-state index is 6.11. The predicted molar refractivity (Wildman–Crippen MR) is 81.1 cm³/mol. The van der Waals surface area contributed by atoms with Crippen LogP contribution in [0.2, 0.25) is 0 Å². The number of aryl methyl sites for hydroxylation is 1. The fourth-order valence-electron chi connectivity index (χ4n) is 1.84. The van der Waals surface area contributed by atoms with E-state index in [0.717, 1.165) is 5.75 Å². The highest BCUT2D eigenvalue weighted by Crippen LogP contribution is 2.28. The Labute approximate surface area is 125 Å². The molecule has 2 N–H and O–H groups in total. The maximum Gasteiger partial charge on any atom is 0.230 e. The molecule has 2 rings (SSSR count). The van der Waals surface area contributed by atoms with Crippen LogP contribution in [0.5, 0.6) is 5.75 Å². The minimum absolute atomic E-state index is 0.0980. The fourth-order valence-corrected chi connectivity index (χ4v) is 1.84. The van der Waals surface area contributed by atoms with E-state index >= 15 is 0 Å². The highest BCUT2D eigenvalue weighted by atomic mass is 16.5. The summed E-state index contributed by atoms with van der Waals surface area (Å²) in [5, 5.41) is 3.96. The first-order valence-electron chi connectivity index (χ1n) is 7.14. The molecule has 0 saturated heterocycles. The molecule has 0 amide bonds. The molecule has 0 aliphatic heterocycles. The predicted octanol–water partition coefficient (Wildman–Crippen LogP) is 3.05. The molecule has 2 aromatic rings. The SMILES string of the molecule is Cc1cccc(OCCc2nc(C(N)C(C)(C)C)no2)c1. The maximum absolute atomic E-state index is 6.11. The number of nitrogens with zero attached hydrogens (tertiary/aromatic N) is 2. The van der Waals surface area contributed by atoms with Gasteiger partial charge in [-0.3, -0.25) is 0 Å². The molecule has 5 nitrogen and oxygen atoms in total. The van der Waals surface area contributed by atoms with Crippen LogP contribution in [0.4, 0.5) is 0 Å². The molecule has 0 fully saturated rings. The van der Waals surface area contributed by atoms with Gasteiger partial charge < -0.3 is 15.0 Å². The Morgan fingerprint density at radius 3 is 2.76 bits per heavy atom. The Morgan fingerprint density at radius 1 is 1.33 bits per heavy atom. The lowest BCUT2D eigenvalue weighted by Gasteiger charge is -2.23. The van der Waals surface area contributed by atoms with Crippen LogP contribution in [0.15, 0.2) is 28.8 Å². The molecule has 0 aliphatic carbocycles. The minimum Gasteiger partial charge on any atom is -0.493 e. The van der Waals surface area contributed by atoms with E-state index in [4.69, 9.17) is 15.0 Å². The quantitative estimate of drug-likeness (QED) is 0.915. The second kappa shape index (κ2) is 6.26. The van der Waals surface area contributed by atoms with Gasteiger partial charge in [-0.2, -0.15) is 4.98 Å². The van der Waals surface area contributed by atoms with Crippen molar-refractivity contribution in [1.29, 1.82) is 0 Å². The Morgan fingerprint density at radius 2 is 2.10 bits per heavy atom. The molecule has 1 heterocycles. The van der Waals surface area contributed by atoms with Crippen molar-refractivity contribution < 1.29 is 9.26 Å². The monoisotopic (exact) mass is 289 g/mol. The highest BCUT2D eigenvalue weighted by molar-refractivity contribution is 5.27. The number of ether oxygens (including phenoxy) is 1. The Hall–Kier alpha value is -1.88. The van der Waals surface area contributed by atoms with Crippen LogP contribution in [-0.2, 0) is 6.42 Å². The van der Waals surface area contributed by atoms with E-state index in [2.05, 4.69) is 30.9 Å². The van der Waals surface area contributed by atoms with E-state index in [-0.39, 0.29) is 11.5 Å². The van der Waals surface area contributed by atoms with Crippen molar-refractivity contribution in [2.24, 2.45) is 11.1 Å². The normalized spacial score (nSPS) is 13.2. The third-order valence-corrected chi connectivity index (χ3v) is 3.27. The van der Waals surface area contributed by atoms with E-state index in [1.54, 1.807) is 0 Å². The topological polar surface area (TPSA) is 74.2 Å². The molecule has 0 saturated carbocycles. The van der Waals surface area contributed by atoms with Gasteiger partial charge in [0.1, 0.15) is 5.75 Å². The summed E-state index contributed by atoms with van der Waals surface area (Å²) in [7, 11) is 0. The molecular weight excluding hydrogens is 266 g/mol. The lowest BCUT2D eigenvalue weighted by Crippen LogP contribution is -2.27. The van der Waals surface area contributed by atoms with Gasteiger partial charge in [-0.25, -0.2) is 0 Å². The molecule has 1 aromatic carbocycles. The van der Waals surface area contributed by atoms with Crippen LogP contribution >= 0.6 is 0 Å². The van der Waals surface area contributed by atoms with Gasteiger partial charge in [0, 0.05) is 0 Å². The highest BCUT2D eigenvalue weighted by Gasteiger charge is 2.26. The summed E-state index contributed by atoms with van der Waals surface area (Å²) in [6.07, 6.45) is 0.567. The molecular formula is C16H23N3O2. The molecule has 0 bridgehead atoms. The summed E-state index contributed by atoms with van der Waals surface area (Å²) in [5.41, 5.74) is 7.18. The lowest BCUT2D eigenvalue weighted by molar-refractivity contribution is 0.284. The van der Waals surface area contributed by atoms with Crippen molar-refractivity contribution in [2.45, 2.75) is 40.2 Å². The molecule has 114 valence electrons. The Kier molecular flexibility index (Phi) is 4.63. The zero-order valence-electron chi connectivity index (χ0n) is 13.1. The molecule has 21 heavy (non-hydrogen) atoms. The molecule has 5 heteroatoms. The third-order valence-electron chi connectivity index (χ3n) is 3.27. The zero-order chi connectivity index (χ0) is 15.5. The van der Waals surface area contributed by atoms with Gasteiger partial charge in [0.05, 0.1) is 19.1 Å². The molecule has 0 spiro atoms. The van der Waals surface area contributed by atoms with Crippen LogP contribution in [0.25, 0.3) is 0 Å². The molecule has 1 atom stereocenters. The van der Waals surface area contributed by atoms with Crippen LogP contribution in [-0.4, -0.2) is 16.7 Å². The third kappa shape index (κ3) is 4.29. The first kappa shape index (κ1) is 15.5. The van der Waals surface area contributed by atoms with Crippen LogP contribution in [0, 0.1) is 12.3 Å². The van der Waals surface area contributed by atoms with E-state index in [1.165, 1.54) is 5.56 Å². The number of rotatable bonds is 5. The number of hydrogen-bond donors (Lipinski definition) is 1. The fraction of sp³-hybridized carbons (Fsp3) is 0.500. The summed E-state index contributed by atoms with van der Waals surface area (Å²) in [4.78, 5) is 4.34.